The van der Waals surface area contributed by atoms with Crippen molar-refractivity contribution in [2.45, 2.75) is 19.4 Å². The standard InChI is InChI=1S/C15H15BrClFN2/c1-2-20-15(12-5-6-19-9-14(12)17)8-10-7-11(18)3-4-13(10)16/h3-7,9,15,20H,2,8H2,1H3. The number of halogens is 3. The van der Waals surface area contributed by atoms with Gasteiger partial charge in [-0.1, -0.05) is 34.5 Å². The van der Waals surface area contributed by atoms with Crippen LogP contribution < -0.4 is 5.32 Å². The van der Waals surface area contributed by atoms with E-state index in [0.29, 0.717) is 11.4 Å². The third-order valence-electron chi connectivity index (χ3n) is 3.06. The maximum atomic E-state index is 13.4. The molecule has 5 heteroatoms. The van der Waals surface area contributed by atoms with Gasteiger partial charge in [0.2, 0.25) is 0 Å². The number of aromatic nitrogens is 1. The Labute approximate surface area is 131 Å². The van der Waals surface area contributed by atoms with Crippen molar-refractivity contribution in [3.63, 3.8) is 0 Å². The van der Waals surface area contributed by atoms with E-state index in [-0.39, 0.29) is 11.9 Å². The molecule has 1 N–H and O–H groups in total. The summed E-state index contributed by atoms with van der Waals surface area (Å²) in [7, 11) is 0. The van der Waals surface area contributed by atoms with Gasteiger partial charge < -0.3 is 5.32 Å². The number of hydrogen-bond donors (Lipinski definition) is 1. The molecule has 1 aromatic carbocycles. The van der Waals surface area contributed by atoms with E-state index >= 15 is 0 Å². The van der Waals surface area contributed by atoms with Crippen molar-refractivity contribution in [2.24, 2.45) is 0 Å². The van der Waals surface area contributed by atoms with Crippen LogP contribution in [-0.4, -0.2) is 11.5 Å². The van der Waals surface area contributed by atoms with Crippen LogP contribution in [0.25, 0.3) is 0 Å². The summed E-state index contributed by atoms with van der Waals surface area (Å²) < 4.78 is 14.3. The maximum absolute atomic E-state index is 13.4. The molecule has 0 saturated heterocycles. The van der Waals surface area contributed by atoms with Gasteiger partial charge in [0.05, 0.1) is 5.02 Å². The number of benzene rings is 1. The fraction of sp³-hybridized carbons (Fsp3) is 0.267. The summed E-state index contributed by atoms with van der Waals surface area (Å²) in [6.07, 6.45) is 3.99. The largest absolute Gasteiger partial charge is 0.310 e. The number of nitrogens with zero attached hydrogens (tertiary/aromatic N) is 1. The van der Waals surface area contributed by atoms with Gasteiger partial charge >= 0.3 is 0 Å². The number of hydrogen-bond acceptors (Lipinski definition) is 2. The lowest BCUT2D eigenvalue weighted by Crippen LogP contribution is -2.23. The molecule has 0 fully saturated rings. The van der Waals surface area contributed by atoms with Crippen LogP contribution in [0, 0.1) is 5.82 Å². The highest BCUT2D eigenvalue weighted by Gasteiger charge is 2.16. The first kappa shape index (κ1) is 15.4. The van der Waals surface area contributed by atoms with Crippen molar-refractivity contribution in [2.75, 3.05) is 6.54 Å². The van der Waals surface area contributed by atoms with Crippen LogP contribution in [0.15, 0.2) is 41.1 Å². The van der Waals surface area contributed by atoms with Gasteiger partial charge in [0.25, 0.3) is 0 Å². The summed E-state index contributed by atoms with van der Waals surface area (Å²) in [5.74, 6) is -0.237. The Morgan fingerprint density at radius 2 is 2.20 bits per heavy atom. The predicted molar refractivity (Wildman–Crippen MR) is 83.5 cm³/mol. The van der Waals surface area contributed by atoms with Crippen molar-refractivity contribution in [1.82, 2.24) is 10.3 Å². The molecule has 0 radical (unpaired) electrons. The second kappa shape index (κ2) is 7.16. The second-order valence-corrected chi connectivity index (χ2v) is 5.71. The van der Waals surface area contributed by atoms with E-state index in [1.807, 2.05) is 13.0 Å². The van der Waals surface area contributed by atoms with Crippen LogP contribution in [0.4, 0.5) is 4.39 Å². The first-order valence-electron chi connectivity index (χ1n) is 6.38. The quantitative estimate of drug-likeness (QED) is 0.850. The fourth-order valence-corrected chi connectivity index (χ4v) is 2.79. The molecule has 0 aliphatic heterocycles. The summed E-state index contributed by atoms with van der Waals surface area (Å²) in [4.78, 5) is 4.00. The maximum Gasteiger partial charge on any atom is 0.123 e. The van der Waals surface area contributed by atoms with Crippen LogP contribution in [-0.2, 0) is 6.42 Å². The van der Waals surface area contributed by atoms with Crippen molar-refractivity contribution in [3.05, 3.63) is 63.1 Å². The Balaban J connectivity index is 2.30. The Bertz CT molecular complexity index is 592. The van der Waals surface area contributed by atoms with Gasteiger partial charge in [-0.2, -0.15) is 0 Å². The Kier molecular flexibility index (Phi) is 5.52. The lowest BCUT2D eigenvalue weighted by atomic mass is 9.99. The zero-order chi connectivity index (χ0) is 14.5. The summed E-state index contributed by atoms with van der Waals surface area (Å²) in [5, 5.41) is 4.00. The van der Waals surface area contributed by atoms with Crippen LogP contribution in [0.3, 0.4) is 0 Å². The minimum absolute atomic E-state index is 0.0219. The molecular formula is C15H15BrClFN2. The zero-order valence-corrected chi connectivity index (χ0v) is 13.4. The molecular weight excluding hydrogens is 343 g/mol. The lowest BCUT2D eigenvalue weighted by molar-refractivity contribution is 0.545. The predicted octanol–water partition coefficient (Wildman–Crippen LogP) is 4.53. The van der Waals surface area contributed by atoms with E-state index in [2.05, 4.69) is 26.2 Å². The van der Waals surface area contributed by atoms with Crippen LogP contribution in [0.5, 0.6) is 0 Å². The van der Waals surface area contributed by atoms with E-state index in [4.69, 9.17) is 11.6 Å². The second-order valence-electron chi connectivity index (χ2n) is 4.45. The molecule has 0 saturated carbocycles. The van der Waals surface area contributed by atoms with E-state index in [1.165, 1.54) is 6.07 Å². The van der Waals surface area contributed by atoms with Crippen molar-refractivity contribution in [3.8, 4) is 0 Å². The van der Waals surface area contributed by atoms with Crippen LogP contribution >= 0.6 is 27.5 Å². The van der Waals surface area contributed by atoms with Crippen molar-refractivity contribution in [1.29, 1.82) is 0 Å². The van der Waals surface area contributed by atoms with Gasteiger partial charge in [-0.15, -0.1) is 0 Å². The summed E-state index contributed by atoms with van der Waals surface area (Å²) >= 11 is 9.67. The molecule has 1 unspecified atom stereocenters. The Hall–Kier alpha value is -0.970. The SMILES string of the molecule is CCNC(Cc1cc(F)ccc1Br)c1ccncc1Cl. The highest BCUT2D eigenvalue weighted by molar-refractivity contribution is 9.10. The monoisotopic (exact) mass is 356 g/mol. The third kappa shape index (κ3) is 3.78. The molecule has 2 aromatic rings. The Morgan fingerprint density at radius 3 is 2.90 bits per heavy atom. The average Bonchev–Trinajstić information content (AvgIpc) is 2.43. The summed E-state index contributed by atoms with van der Waals surface area (Å²) in [5.41, 5.74) is 1.88. The highest BCUT2D eigenvalue weighted by Crippen LogP contribution is 2.28. The number of nitrogens with one attached hydrogen (secondary N) is 1. The molecule has 0 aliphatic rings. The van der Waals surface area contributed by atoms with Gasteiger partial charge in [-0.3, -0.25) is 4.98 Å². The summed E-state index contributed by atoms with van der Waals surface area (Å²) in [6.45, 7) is 2.83. The molecule has 2 rings (SSSR count). The minimum Gasteiger partial charge on any atom is -0.310 e. The van der Waals surface area contributed by atoms with Gasteiger partial charge in [0, 0.05) is 22.9 Å². The topological polar surface area (TPSA) is 24.9 Å². The van der Waals surface area contributed by atoms with Gasteiger partial charge in [0.1, 0.15) is 5.82 Å². The lowest BCUT2D eigenvalue weighted by Gasteiger charge is -2.20. The number of pyridine rings is 1. The van der Waals surface area contributed by atoms with Crippen molar-refractivity contribution >= 4 is 27.5 Å². The molecule has 1 aromatic heterocycles. The smallest absolute Gasteiger partial charge is 0.123 e. The molecule has 20 heavy (non-hydrogen) atoms. The molecule has 0 amide bonds. The number of likely N-dealkylation sites (N-methyl/N-ethyl adjacent to an activating group) is 1. The molecule has 106 valence electrons. The molecule has 0 spiro atoms. The van der Waals surface area contributed by atoms with E-state index in [9.17, 15) is 4.39 Å². The summed E-state index contributed by atoms with van der Waals surface area (Å²) in [6, 6.07) is 6.62. The van der Waals surface area contributed by atoms with Crippen LogP contribution in [0.1, 0.15) is 24.1 Å². The van der Waals surface area contributed by atoms with E-state index < -0.39 is 0 Å². The first-order chi connectivity index (χ1) is 9.61. The zero-order valence-electron chi connectivity index (χ0n) is 11.0. The highest BCUT2D eigenvalue weighted by atomic mass is 79.9. The molecule has 1 atom stereocenters. The van der Waals surface area contributed by atoms with E-state index in [1.54, 1.807) is 24.5 Å². The van der Waals surface area contributed by atoms with Crippen LogP contribution in [0.2, 0.25) is 5.02 Å². The van der Waals surface area contributed by atoms with E-state index in [0.717, 1.165) is 22.1 Å². The van der Waals surface area contributed by atoms with Gasteiger partial charge in [-0.05, 0) is 48.4 Å². The van der Waals surface area contributed by atoms with Gasteiger partial charge in [-0.25, -0.2) is 4.39 Å². The molecule has 1 heterocycles. The average molecular weight is 358 g/mol. The molecule has 0 aliphatic carbocycles. The van der Waals surface area contributed by atoms with Gasteiger partial charge in [0.15, 0.2) is 0 Å². The fourth-order valence-electron chi connectivity index (χ4n) is 2.13. The molecule has 0 bridgehead atoms. The Morgan fingerprint density at radius 1 is 1.40 bits per heavy atom. The van der Waals surface area contributed by atoms with Crippen molar-refractivity contribution < 1.29 is 4.39 Å². The normalized spacial score (nSPS) is 12.4. The first-order valence-corrected chi connectivity index (χ1v) is 7.55. The third-order valence-corrected chi connectivity index (χ3v) is 4.15. The minimum atomic E-state index is -0.237. The molecule has 2 nitrogen and oxygen atoms in total. The number of rotatable bonds is 5.